The molecule has 2 aromatic carbocycles. The summed E-state index contributed by atoms with van der Waals surface area (Å²) in [7, 11) is 0. The number of rotatable bonds is 6. The van der Waals surface area contributed by atoms with Crippen molar-refractivity contribution in [2.45, 2.75) is 40.8 Å². The number of aromatic nitrogens is 1. The minimum Gasteiger partial charge on any atom is -0.488 e. The van der Waals surface area contributed by atoms with Gasteiger partial charge < -0.3 is 14.2 Å². The smallest absolute Gasteiger partial charge is 0.276 e. The van der Waals surface area contributed by atoms with Gasteiger partial charge in [-0.2, -0.15) is 0 Å². The third kappa shape index (κ3) is 4.70. The number of aryl methyl sites for hydroxylation is 3. The van der Waals surface area contributed by atoms with Gasteiger partial charge in [0, 0.05) is 32.7 Å². The number of carbonyl (C=O) groups is 1. The molecule has 2 heterocycles. The number of hydrogen-bond acceptors (Lipinski definition) is 5. The Labute approximate surface area is 189 Å². The Bertz CT molecular complexity index is 1100. The van der Waals surface area contributed by atoms with Gasteiger partial charge in [-0.15, -0.1) is 0 Å². The normalized spacial score (nSPS) is 14.6. The Balaban J connectivity index is 1.39. The summed E-state index contributed by atoms with van der Waals surface area (Å²) in [5.41, 5.74) is 5.99. The second-order valence-electron chi connectivity index (χ2n) is 8.55. The molecule has 1 amide bonds. The first-order valence-electron chi connectivity index (χ1n) is 11.1. The molecule has 1 aromatic heterocycles. The zero-order valence-corrected chi connectivity index (χ0v) is 19.4. The fourth-order valence-corrected chi connectivity index (χ4v) is 4.05. The summed E-state index contributed by atoms with van der Waals surface area (Å²) in [6, 6.07) is 14.4. The third-order valence-corrected chi connectivity index (χ3v) is 6.43. The molecule has 3 aromatic rings. The molecule has 1 aliphatic rings. The van der Waals surface area contributed by atoms with Crippen molar-refractivity contribution in [1.29, 1.82) is 0 Å². The van der Waals surface area contributed by atoms with Crippen molar-refractivity contribution < 1.29 is 14.1 Å². The number of piperazine rings is 1. The summed E-state index contributed by atoms with van der Waals surface area (Å²) in [5, 5.41) is 4.08. The fourth-order valence-electron chi connectivity index (χ4n) is 4.05. The Morgan fingerprint density at radius 2 is 1.69 bits per heavy atom. The number of amides is 1. The first-order chi connectivity index (χ1) is 15.4. The summed E-state index contributed by atoms with van der Waals surface area (Å²) in [6.07, 6.45) is 0. The van der Waals surface area contributed by atoms with Gasteiger partial charge in [0.1, 0.15) is 18.1 Å². The van der Waals surface area contributed by atoms with Crippen molar-refractivity contribution in [2.24, 2.45) is 0 Å². The minimum atomic E-state index is -0.0862. The molecule has 168 valence electrons. The van der Waals surface area contributed by atoms with Crippen LogP contribution in [0.2, 0.25) is 0 Å². The van der Waals surface area contributed by atoms with Crippen molar-refractivity contribution in [1.82, 2.24) is 15.0 Å². The van der Waals surface area contributed by atoms with E-state index in [-0.39, 0.29) is 12.5 Å². The maximum atomic E-state index is 13.2. The van der Waals surface area contributed by atoms with Gasteiger partial charge >= 0.3 is 0 Å². The van der Waals surface area contributed by atoms with E-state index in [4.69, 9.17) is 9.26 Å². The summed E-state index contributed by atoms with van der Waals surface area (Å²) in [5.74, 6) is 1.35. The van der Waals surface area contributed by atoms with Crippen LogP contribution < -0.4 is 4.74 Å². The number of ether oxygens (including phenoxy) is 1. The molecule has 32 heavy (non-hydrogen) atoms. The van der Waals surface area contributed by atoms with Gasteiger partial charge in [0.2, 0.25) is 0 Å². The SMILES string of the molecule is Cc1ccccc1CN1CCN(C(=O)c2noc(C)c2COc2cccc(C)c2C)CC1. The van der Waals surface area contributed by atoms with Crippen LogP contribution in [0.1, 0.15) is 44.1 Å². The quantitative estimate of drug-likeness (QED) is 0.575. The zero-order chi connectivity index (χ0) is 22.7. The van der Waals surface area contributed by atoms with Crippen LogP contribution in [0, 0.1) is 27.7 Å². The lowest BCUT2D eigenvalue weighted by Gasteiger charge is -2.34. The molecule has 0 spiro atoms. The third-order valence-electron chi connectivity index (χ3n) is 6.43. The average Bonchev–Trinajstić information content (AvgIpc) is 3.16. The van der Waals surface area contributed by atoms with Gasteiger partial charge in [0.15, 0.2) is 5.69 Å². The number of hydrogen-bond donors (Lipinski definition) is 0. The highest BCUT2D eigenvalue weighted by Gasteiger charge is 2.28. The summed E-state index contributed by atoms with van der Waals surface area (Å²) >= 11 is 0. The maximum Gasteiger partial charge on any atom is 0.276 e. The molecule has 0 bridgehead atoms. The summed E-state index contributed by atoms with van der Waals surface area (Å²) < 4.78 is 11.4. The molecule has 1 saturated heterocycles. The highest BCUT2D eigenvalue weighted by atomic mass is 16.5. The Morgan fingerprint density at radius 1 is 0.969 bits per heavy atom. The van der Waals surface area contributed by atoms with Crippen molar-refractivity contribution in [3.05, 3.63) is 81.7 Å². The number of nitrogens with zero attached hydrogens (tertiary/aromatic N) is 3. The second kappa shape index (κ2) is 9.57. The van der Waals surface area contributed by atoms with Crippen LogP contribution in [-0.4, -0.2) is 47.0 Å². The molecule has 1 fully saturated rings. The lowest BCUT2D eigenvalue weighted by molar-refractivity contribution is 0.0616. The maximum absolute atomic E-state index is 13.2. The highest BCUT2D eigenvalue weighted by Crippen LogP contribution is 2.24. The zero-order valence-electron chi connectivity index (χ0n) is 19.4. The molecule has 6 heteroatoms. The van der Waals surface area contributed by atoms with Gasteiger partial charge in [-0.1, -0.05) is 41.6 Å². The lowest BCUT2D eigenvalue weighted by atomic mass is 10.1. The summed E-state index contributed by atoms with van der Waals surface area (Å²) in [6.45, 7) is 12.3. The van der Waals surface area contributed by atoms with E-state index in [0.717, 1.165) is 36.5 Å². The van der Waals surface area contributed by atoms with Gasteiger partial charge in [-0.3, -0.25) is 9.69 Å². The van der Waals surface area contributed by atoms with E-state index in [1.54, 1.807) is 0 Å². The first-order valence-corrected chi connectivity index (χ1v) is 11.1. The molecule has 0 atom stereocenters. The molecule has 4 rings (SSSR count). The van der Waals surface area contributed by atoms with Gasteiger partial charge in [-0.05, 0) is 56.0 Å². The van der Waals surface area contributed by atoms with E-state index in [9.17, 15) is 4.79 Å². The van der Waals surface area contributed by atoms with Crippen LogP contribution in [-0.2, 0) is 13.2 Å². The number of benzene rings is 2. The predicted octanol–water partition coefficient (Wildman–Crippen LogP) is 4.45. The molecular weight excluding hydrogens is 402 g/mol. The van der Waals surface area contributed by atoms with Crippen LogP contribution >= 0.6 is 0 Å². The Hall–Kier alpha value is -3.12. The van der Waals surface area contributed by atoms with Crippen molar-refractivity contribution in [3.63, 3.8) is 0 Å². The van der Waals surface area contributed by atoms with Crippen LogP contribution in [0.5, 0.6) is 5.75 Å². The van der Waals surface area contributed by atoms with Gasteiger partial charge in [0.05, 0.1) is 5.56 Å². The second-order valence-corrected chi connectivity index (χ2v) is 8.55. The van der Waals surface area contributed by atoms with E-state index < -0.39 is 0 Å². The predicted molar refractivity (Wildman–Crippen MR) is 124 cm³/mol. The molecule has 6 nitrogen and oxygen atoms in total. The van der Waals surface area contributed by atoms with E-state index in [0.29, 0.717) is 24.5 Å². The molecule has 1 aliphatic heterocycles. The summed E-state index contributed by atoms with van der Waals surface area (Å²) in [4.78, 5) is 17.5. The standard InChI is InChI=1S/C26H31N3O3/c1-18-9-7-11-24(20(18)3)31-17-23-21(4)32-27-25(23)26(30)29-14-12-28(13-15-29)16-22-10-6-5-8-19(22)2/h5-11H,12-17H2,1-4H3. The molecule has 0 N–H and O–H groups in total. The van der Waals surface area contributed by atoms with Crippen molar-refractivity contribution in [2.75, 3.05) is 26.2 Å². The van der Waals surface area contributed by atoms with Crippen LogP contribution in [0.15, 0.2) is 47.0 Å². The van der Waals surface area contributed by atoms with E-state index in [1.165, 1.54) is 16.7 Å². The molecule has 0 aliphatic carbocycles. The first kappa shape index (κ1) is 22.1. The van der Waals surface area contributed by atoms with Crippen molar-refractivity contribution in [3.8, 4) is 5.75 Å². The van der Waals surface area contributed by atoms with Crippen LogP contribution in [0.25, 0.3) is 0 Å². The topological polar surface area (TPSA) is 58.8 Å². The average molecular weight is 434 g/mol. The fraction of sp³-hybridized carbons (Fsp3) is 0.385. The minimum absolute atomic E-state index is 0.0862. The van der Waals surface area contributed by atoms with Crippen molar-refractivity contribution >= 4 is 5.91 Å². The van der Waals surface area contributed by atoms with Gasteiger partial charge in [-0.25, -0.2) is 0 Å². The lowest BCUT2D eigenvalue weighted by Crippen LogP contribution is -2.48. The van der Waals surface area contributed by atoms with E-state index in [1.807, 2.05) is 30.9 Å². The van der Waals surface area contributed by atoms with Crippen LogP contribution in [0.3, 0.4) is 0 Å². The monoisotopic (exact) mass is 433 g/mol. The molecule has 0 radical (unpaired) electrons. The Kier molecular flexibility index (Phi) is 6.61. The number of carbonyl (C=O) groups excluding carboxylic acids is 1. The Morgan fingerprint density at radius 3 is 2.44 bits per heavy atom. The molecule has 0 unspecified atom stereocenters. The van der Waals surface area contributed by atoms with Gasteiger partial charge in [0.25, 0.3) is 5.91 Å². The van der Waals surface area contributed by atoms with E-state index >= 15 is 0 Å². The van der Waals surface area contributed by atoms with Crippen LogP contribution in [0.4, 0.5) is 0 Å². The molecular formula is C26H31N3O3. The van der Waals surface area contributed by atoms with E-state index in [2.05, 4.69) is 54.2 Å². The highest BCUT2D eigenvalue weighted by molar-refractivity contribution is 5.93. The largest absolute Gasteiger partial charge is 0.488 e. The molecule has 0 saturated carbocycles.